The number of aromatic amines is 1. The van der Waals surface area contributed by atoms with Gasteiger partial charge in [0.2, 0.25) is 0 Å². The second-order valence-electron chi connectivity index (χ2n) is 3.29. The van der Waals surface area contributed by atoms with Crippen molar-refractivity contribution in [1.29, 1.82) is 0 Å². The Bertz CT molecular complexity index is 458. The Morgan fingerprint density at radius 3 is 3.00 bits per heavy atom. The Hall–Kier alpha value is -2.10. The van der Waals surface area contributed by atoms with Gasteiger partial charge in [-0.15, -0.1) is 0 Å². The van der Waals surface area contributed by atoms with Crippen molar-refractivity contribution in [3.8, 4) is 11.4 Å². The first-order valence-electron chi connectivity index (χ1n) is 4.65. The quantitative estimate of drug-likeness (QED) is 0.800. The second-order valence-corrected chi connectivity index (χ2v) is 3.29. The van der Waals surface area contributed by atoms with E-state index < -0.39 is 0 Å². The summed E-state index contributed by atoms with van der Waals surface area (Å²) < 4.78 is 0. The van der Waals surface area contributed by atoms with Gasteiger partial charge in [0.05, 0.1) is 11.4 Å². The Kier molecular flexibility index (Phi) is 2.49. The number of H-pyrrole nitrogens is 1. The smallest absolute Gasteiger partial charge is 0.152 e. The summed E-state index contributed by atoms with van der Waals surface area (Å²) in [6.07, 6.45) is 1.75. The minimum atomic E-state index is 0.753. The second kappa shape index (κ2) is 3.96. The van der Waals surface area contributed by atoms with Gasteiger partial charge in [0.15, 0.2) is 5.82 Å². The number of hydrogen-bond donors (Lipinski definition) is 2. The maximum absolute atomic E-state index is 4.22. The summed E-state index contributed by atoms with van der Waals surface area (Å²) in [5.41, 5.74) is 2.62. The monoisotopic (exact) mass is 200 g/mol. The number of allylic oxidation sites excluding steroid dienone is 1. The van der Waals surface area contributed by atoms with Gasteiger partial charge in [-0.2, -0.15) is 5.10 Å². The molecule has 0 aliphatic rings. The number of nitrogens with one attached hydrogen (secondary N) is 2. The van der Waals surface area contributed by atoms with E-state index >= 15 is 0 Å². The van der Waals surface area contributed by atoms with Crippen LogP contribution in [0.15, 0.2) is 42.7 Å². The third-order valence-corrected chi connectivity index (χ3v) is 1.86. The van der Waals surface area contributed by atoms with E-state index in [2.05, 4.69) is 27.1 Å². The Morgan fingerprint density at radius 2 is 2.33 bits per heavy atom. The van der Waals surface area contributed by atoms with Crippen LogP contribution in [-0.2, 0) is 0 Å². The highest BCUT2D eigenvalue weighted by Gasteiger charge is 2.03. The van der Waals surface area contributed by atoms with Gasteiger partial charge in [-0.1, -0.05) is 12.6 Å². The van der Waals surface area contributed by atoms with Crippen LogP contribution in [0.5, 0.6) is 0 Å². The van der Waals surface area contributed by atoms with Gasteiger partial charge in [-0.05, 0) is 19.1 Å². The number of rotatable bonds is 3. The standard InChI is InChI=1S/C11H12N4/c1-8(2)13-11-7-10(14-15-11)9-5-3-4-6-12-9/h3-7H,1H2,2H3,(H2,13,14,15). The predicted molar refractivity (Wildman–Crippen MR) is 60.3 cm³/mol. The average molecular weight is 200 g/mol. The fraction of sp³-hybridized carbons (Fsp3) is 0.0909. The van der Waals surface area contributed by atoms with E-state index in [1.165, 1.54) is 0 Å². The van der Waals surface area contributed by atoms with E-state index in [1.807, 2.05) is 31.2 Å². The lowest BCUT2D eigenvalue weighted by Crippen LogP contribution is -1.92. The summed E-state index contributed by atoms with van der Waals surface area (Å²) in [4.78, 5) is 4.22. The zero-order valence-corrected chi connectivity index (χ0v) is 8.49. The number of hydrogen-bond acceptors (Lipinski definition) is 3. The van der Waals surface area contributed by atoms with Crippen molar-refractivity contribution in [2.45, 2.75) is 6.92 Å². The van der Waals surface area contributed by atoms with E-state index in [0.717, 1.165) is 22.9 Å². The first-order valence-corrected chi connectivity index (χ1v) is 4.65. The molecule has 0 aromatic carbocycles. The van der Waals surface area contributed by atoms with Crippen LogP contribution in [0.3, 0.4) is 0 Å². The van der Waals surface area contributed by atoms with Gasteiger partial charge < -0.3 is 5.32 Å². The Labute approximate surface area is 88.1 Å². The van der Waals surface area contributed by atoms with Crippen LogP contribution in [0.1, 0.15) is 6.92 Å². The summed E-state index contributed by atoms with van der Waals surface area (Å²) in [6.45, 7) is 5.64. The van der Waals surface area contributed by atoms with Gasteiger partial charge in [0.25, 0.3) is 0 Å². The van der Waals surface area contributed by atoms with Gasteiger partial charge in [-0.3, -0.25) is 10.1 Å². The lowest BCUT2D eigenvalue weighted by molar-refractivity contribution is 1.08. The van der Waals surface area contributed by atoms with Crippen molar-refractivity contribution >= 4 is 5.82 Å². The SMILES string of the molecule is C=C(C)Nc1cc(-c2ccccn2)[nH]n1. The lowest BCUT2D eigenvalue weighted by atomic mass is 10.3. The molecule has 0 unspecified atom stereocenters. The number of aromatic nitrogens is 3. The van der Waals surface area contributed by atoms with Crippen molar-refractivity contribution < 1.29 is 0 Å². The summed E-state index contributed by atoms with van der Waals surface area (Å²) in [5, 5.41) is 10.0. The molecule has 2 aromatic heterocycles. The number of anilines is 1. The molecule has 0 radical (unpaired) electrons. The van der Waals surface area contributed by atoms with Crippen LogP contribution >= 0.6 is 0 Å². The van der Waals surface area contributed by atoms with Gasteiger partial charge >= 0.3 is 0 Å². The number of nitrogens with zero attached hydrogens (tertiary/aromatic N) is 2. The molecule has 2 aromatic rings. The third kappa shape index (κ3) is 2.22. The van der Waals surface area contributed by atoms with Crippen molar-refractivity contribution in [1.82, 2.24) is 15.2 Å². The largest absolute Gasteiger partial charge is 0.343 e. The fourth-order valence-corrected chi connectivity index (χ4v) is 1.26. The summed E-state index contributed by atoms with van der Waals surface area (Å²) in [5.74, 6) is 0.753. The van der Waals surface area contributed by atoms with Gasteiger partial charge in [0, 0.05) is 18.0 Å². The first-order chi connectivity index (χ1) is 7.25. The highest BCUT2D eigenvalue weighted by atomic mass is 15.2. The molecule has 0 amide bonds. The molecule has 0 fully saturated rings. The number of pyridine rings is 1. The molecule has 0 atom stereocenters. The molecule has 0 saturated carbocycles. The van der Waals surface area contributed by atoms with E-state index in [0.29, 0.717) is 0 Å². The lowest BCUT2D eigenvalue weighted by Gasteiger charge is -1.97. The zero-order valence-electron chi connectivity index (χ0n) is 8.49. The topological polar surface area (TPSA) is 53.6 Å². The predicted octanol–water partition coefficient (Wildman–Crippen LogP) is 2.42. The van der Waals surface area contributed by atoms with Crippen molar-refractivity contribution in [2.24, 2.45) is 0 Å². The molecule has 0 aliphatic heterocycles. The maximum atomic E-state index is 4.22. The average Bonchev–Trinajstić information content (AvgIpc) is 2.67. The van der Waals surface area contributed by atoms with Crippen LogP contribution < -0.4 is 5.32 Å². The normalized spacial score (nSPS) is 9.93. The van der Waals surface area contributed by atoms with Crippen molar-refractivity contribution in [3.63, 3.8) is 0 Å². The van der Waals surface area contributed by atoms with Crippen molar-refractivity contribution in [2.75, 3.05) is 5.32 Å². The Balaban J connectivity index is 2.24. The molecule has 0 spiro atoms. The molecule has 15 heavy (non-hydrogen) atoms. The first kappa shape index (κ1) is 9.45. The molecular weight excluding hydrogens is 188 g/mol. The minimum absolute atomic E-state index is 0.753. The zero-order chi connectivity index (χ0) is 10.7. The van der Waals surface area contributed by atoms with Gasteiger partial charge in [0.1, 0.15) is 0 Å². The van der Waals surface area contributed by atoms with E-state index in [4.69, 9.17) is 0 Å². The fourth-order valence-electron chi connectivity index (χ4n) is 1.26. The molecule has 2 rings (SSSR count). The molecule has 0 bridgehead atoms. The third-order valence-electron chi connectivity index (χ3n) is 1.86. The van der Waals surface area contributed by atoms with E-state index in [1.54, 1.807) is 6.20 Å². The van der Waals surface area contributed by atoms with Crippen LogP contribution in [0.2, 0.25) is 0 Å². The molecule has 76 valence electrons. The van der Waals surface area contributed by atoms with Crippen LogP contribution in [0, 0.1) is 0 Å². The molecule has 4 heteroatoms. The highest BCUT2D eigenvalue weighted by molar-refractivity contribution is 5.59. The molecule has 2 heterocycles. The van der Waals surface area contributed by atoms with E-state index in [9.17, 15) is 0 Å². The van der Waals surface area contributed by atoms with Crippen LogP contribution in [-0.4, -0.2) is 15.2 Å². The van der Waals surface area contributed by atoms with Gasteiger partial charge in [-0.25, -0.2) is 0 Å². The maximum Gasteiger partial charge on any atom is 0.152 e. The molecule has 0 aliphatic carbocycles. The van der Waals surface area contributed by atoms with Crippen LogP contribution in [0.25, 0.3) is 11.4 Å². The van der Waals surface area contributed by atoms with Crippen molar-refractivity contribution in [3.05, 3.63) is 42.7 Å². The Morgan fingerprint density at radius 1 is 1.47 bits per heavy atom. The molecule has 4 nitrogen and oxygen atoms in total. The summed E-state index contributed by atoms with van der Waals surface area (Å²) in [7, 11) is 0. The van der Waals surface area contributed by atoms with Crippen LogP contribution in [0.4, 0.5) is 5.82 Å². The molecular formula is C11H12N4. The highest BCUT2D eigenvalue weighted by Crippen LogP contribution is 2.17. The summed E-state index contributed by atoms with van der Waals surface area (Å²) in [6, 6.07) is 7.65. The minimum Gasteiger partial charge on any atom is -0.343 e. The van der Waals surface area contributed by atoms with E-state index in [-0.39, 0.29) is 0 Å². The molecule has 0 saturated heterocycles. The summed E-state index contributed by atoms with van der Waals surface area (Å²) >= 11 is 0. The molecule has 2 N–H and O–H groups in total.